The minimum atomic E-state index is -0.791. The van der Waals surface area contributed by atoms with Gasteiger partial charge in [0.05, 0.1) is 6.04 Å². The number of fused-ring (bicyclic) bond motifs is 3. The van der Waals surface area contributed by atoms with Crippen molar-refractivity contribution in [3.8, 4) is 11.1 Å². The number of amides is 4. The number of hydrogen-bond donors (Lipinski definition) is 5. The van der Waals surface area contributed by atoms with Gasteiger partial charge in [0.1, 0.15) is 12.6 Å². The van der Waals surface area contributed by atoms with Gasteiger partial charge < -0.3 is 26.8 Å². The number of carbonyl (C=O) groups is 4. The van der Waals surface area contributed by atoms with Gasteiger partial charge in [-0.25, -0.2) is 4.79 Å². The summed E-state index contributed by atoms with van der Waals surface area (Å²) < 4.78 is 5.36. The van der Waals surface area contributed by atoms with Gasteiger partial charge in [0.25, 0.3) is 0 Å². The summed E-state index contributed by atoms with van der Waals surface area (Å²) in [7, 11) is 3.04. The lowest BCUT2D eigenvalue weighted by Gasteiger charge is -2.18. The highest BCUT2D eigenvalue weighted by Crippen LogP contribution is 2.44. The SMILES string of the molecule is CCSSC[C@H](NC(=O)[C@@H](N)CCCCNC(=O)CONC(=O)OCC1c2ccccc2-c2ccccc21)C(N)=O. The Morgan fingerprint density at radius 3 is 2.27 bits per heavy atom. The number of hydrogen-bond acceptors (Lipinski definition) is 9. The largest absolute Gasteiger partial charge is 0.447 e. The molecule has 13 heteroatoms. The Balaban J connectivity index is 1.26. The zero-order valence-corrected chi connectivity index (χ0v) is 24.6. The van der Waals surface area contributed by atoms with E-state index in [0.717, 1.165) is 28.0 Å². The molecule has 0 heterocycles. The smallest absolute Gasteiger partial charge is 0.431 e. The number of unbranched alkanes of at least 4 members (excludes halogenated alkanes) is 1. The molecule has 0 saturated heterocycles. The highest BCUT2D eigenvalue weighted by molar-refractivity contribution is 8.76. The summed E-state index contributed by atoms with van der Waals surface area (Å²) in [5.74, 6) is -0.292. The number of rotatable bonds is 17. The fraction of sp³-hybridized carbons (Fsp3) is 0.429. The molecule has 2 aromatic carbocycles. The van der Waals surface area contributed by atoms with Gasteiger partial charge in [0.2, 0.25) is 17.7 Å². The normalized spacial score (nSPS) is 13.4. The Kier molecular flexibility index (Phi) is 13.3. The maximum atomic E-state index is 12.3. The third-order valence-corrected chi connectivity index (χ3v) is 8.89. The van der Waals surface area contributed by atoms with E-state index in [4.69, 9.17) is 21.0 Å². The topological polar surface area (TPSA) is 175 Å². The van der Waals surface area contributed by atoms with Crippen molar-refractivity contribution < 1.29 is 28.8 Å². The second-order valence-corrected chi connectivity index (χ2v) is 12.1. The van der Waals surface area contributed by atoms with Crippen LogP contribution in [0.1, 0.15) is 43.2 Å². The molecule has 2 atom stereocenters. The van der Waals surface area contributed by atoms with Crippen molar-refractivity contribution in [3.05, 3.63) is 59.7 Å². The third kappa shape index (κ3) is 9.95. The van der Waals surface area contributed by atoms with Crippen LogP contribution in [-0.4, -0.2) is 67.2 Å². The molecule has 222 valence electrons. The van der Waals surface area contributed by atoms with E-state index in [1.807, 2.05) is 43.3 Å². The molecule has 0 fully saturated rings. The molecule has 41 heavy (non-hydrogen) atoms. The van der Waals surface area contributed by atoms with Crippen molar-refractivity contribution in [2.45, 2.75) is 44.2 Å². The molecule has 0 radical (unpaired) electrons. The predicted octanol–water partition coefficient (Wildman–Crippen LogP) is 2.44. The van der Waals surface area contributed by atoms with Crippen LogP contribution in [0.3, 0.4) is 0 Å². The monoisotopic (exact) mass is 603 g/mol. The Morgan fingerprint density at radius 1 is 0.976 bits per heavy atom. The van der Waals surface area contributed by atoms with E-state index in [9.17, 15) is 19.2 Å². The summed E-state index contributed by atoms with van der Waals surface area (Å²) in [6.45, 7) is 2.09. The summed E-state index contributed by atoms with van der Waals surface area (Å²) in [5, 5.41) is 5.27. The number of primary amides is 1. The van der Waals surface area contributed by atoms with Crippen LogP contribution in [0.25, 0.3) is 11.1 Å². The molecule has 0 aromatic heterocycles. The summed E-state index contributed by atoms with van der Waals surface area (Å²) >= 11 is 0. The fourth-order valence-electron chi connectivity index (χ4n) is 4.36. The Labute approximate surface area is 247 Å². The minimum Gasteiger partial charge on any atom is -0.447 e. The summed E-state index contributed by atoms with van der Waals surface area (Å²) in [6.07, 6.45) is 0.752. The number of carbonyl (C=O) groups excluding carboxylic acids is 4. The van der Waals surface area contributed by atoms with Crippen molar-refractivity contribution in [1.29, 1.82) is 0 Å². The van der Waals surface area contributed by atoms with Crippen LogP contribution < -0.4 is 27.6 Å². The lowest BCUT2D eigenvalue weighted by atomic mass is 9.98. The third-order valence-electron chi connectivity index (χ3n) is 6.40. The number of benzene rings is 2. The zero-order valence-electron chi connectivity index (χ0n) is 22.9. The first-order chi connectivity index (χ1) is 19.8. The molecule has 0 bridgehead atoms. The van der Waals surface area contributed by atoms with Crippen LogP contribution >= 0.6 is 21.6 Å². The van der Waals surface area contributed by atoms with Gasteiger partial charge in [-0.15, -0.1) is 0 Å². The number of hydroxylamine groups is 1. The molecule has 11 nitrogen and oxygen atoms in total. The van der Waals surface area contributed by atoms with E-state index in [0.29, 0.717) is 31.6 Å². The van der Waals surface area contributed by atoms with Crippen LogP contribution in [0.15, 0.2) is 48.5 Å². The molecule has 1 aliphatic rings. The van der Waals surface area contributed by atoms with Gasteiger partial charge in [0, 0.05) is 24.0 Å². The molecule has 0 saturated carbocycles. The lowest BCUT2D eigenvalue weighted by Crippen LogP contribution is -2.51. The van der Waals surface area contributed by atoms with Crippen molar-refractivity contribution in [2.24, 2.45) is 11.5 Å². The van der Waals surface area contributed by atoms with Crippen LogP contribution in [0.5, 0.6) is 0 Å². The van der Waals surface area contributed by atoms with E-state index < -0.39 is 35.9 Å². The Morgan fingerprint density at radius 2 is 1.63 bits per heavy atom. The molecular formula is C28H37N5O6S2. The quantitative estimate of drug-likeness (QED) is 0.103. The lowest BCUT2D eigenvalue weighted by molar-refractivity contribution is -0.128. The van der Waals surface area contributed by atoms with Crippen molar-refractivity contribution >= 4 is 45.4 Å². The number of nitrogens with two attached hydrogens (primary N) is 2. The highest BCUT2D eigenvalue weighted by Gasteiger charge is 2.29. The van der Waals surface area contributed by atoms with Crippen LogP contribution in [0.4, 0.5) is 4.79 Å². The molecule has 2 aromatic rings. The van der Waals surface area contributed by atoms with Crippen LogP contribution in [-0.2, 0) is 24.0 Å². The van der Waals surface area contributed by atoms with E-state index in [1.165, 1.54) is 10.8 Å². The molecule has 1 aliphatic carbocycles. The molecule has 4 amide bonds. The van der Waals surface area contributed by atoms with Gasteiger partial charge in [-0.3, -0.25) is 19.2 Å². The van der Waals surface area contributed by atoms with Gasteiger partial charge in [-0.1, -0.05) is 77.0 Å². The summed E-state index contributed by atoms with van der Waals surface area (Å²) in [5.41, 5.74) is 17.9. The average Bonchev–Trinajstić information content (AvgIpc) is 3.28. The first-order valence-electron chi connectivity index (χ1n) is 13.4. The minimum absolute atomic E-state index is 0.0795. The van der Waals surface area contributed by atoms with Gasteiger partial charge in [-0.05, 0) is 41.5 Å². The van der Waals surface area contributed by atoms with Gasteiger partial charge in [0.15, 0.2) is 6.61 Å². The number of ether oxygens (including phenoxy) is 1. The zero-order chi connectivity index (χ0) is 29.6. The van der Waals surface area contributed by atoms with E-state index in [2.05, 4.69) is 28.2 Å². The van der Waals surface area contributed by atoms with Gasteiger partial charge >= 0.3 is 6.09 Å². The molecule has 7 N–H and O–H groups in total. The molecule has 0 unspecified atom stereocenters. The van der Waals surface area contributed by atoms with Crippen molar-refractivity contribution in [3.63, 3.8) is 0 Å². The van der Waals surface area contributed by atoms with Crippen molar-refractivity contribution in [2.75, 3.05) is 31.3 Å². The predicted molar refractivity (Wildman–Crippen MR) is 161 cm³/mol. The first-order valence-corrected chi connectivity index (χ1v) is 15.9. The standard InChI is InChI=1S/C28H37N5O6S2/c1-2-40-41-17-24(26(30)35)32-27(36)23(29)13-7-8-14-31-25(34)16-39-33-28(37)38-15-22-20-11-5-3-9-18(20)19-10-4-6-12-21(19)22/h3-6,9-12,22-24H,2,7-8,13-17,29H2,1H3,(H2,30,35)(H,31,34)(H,32,36)(H,33,37)/t23-,24-/m0/s1. The highest BCUT2D eigenvalue weighted by atomic mass is 33.1. The summed E-state index contributed by atoms with van der Waals surface area (Å²) in [4.78, 5) is 52.9. The second kappa shape index (κ2) is 16.9. The van der Waals surface area contributed by atoms with E-state index >= 15 is 0 Å². The van der Waals surface area contributed by atoms with Crippen LogP contribution in [0.2, 0.25) is 0 Å². The Hall–Kier alpha value is -3.26. The fourth-order valence-corrected chi connectivity index (χ4v) is 6.20. The van der Waals surface area contributed by atoms with Gasteiger partial charge in [-0.2, -0.15) is 5.48 Å². The second-order valence-electron chi connectivity index (χ2n) is 9.32. The average molecular weight is 604 g/mol. The van der Waals surface area contributed by atoms with E-state index in [-0.39, 0.29) is 19.1 Å². The maximum Gasteiger partial charge on any atom is 0.431 e. The van der Waals surface area contributed by atoms with E-state index in [1.54, 1.807) is 10.8 Å². The Bertz CT molecular complexity index is 1150. The molecule has 0 aliphatic heterocycles. The first kappa shape index (κ1) is 32.3. The van der Waals surface area contributed by atoms with Crippen molar-refractivity contribution in [1.82, 2.24) is 16.1 Å². The number of nitrogens with one attached hydrogen (secondary N) is 3. The molecular weight excluding hydrogens is 566 g/mol. The maximum absolute atomic E-state index is 12.3. The molecule has 0 spiro atoms. The molecule has 3 rings (SSSR count). The van der Waals surface area contributed by atoms with Crippen LogP contribution in [0, 0.1) is 0 Å². The summed E-state index contributed by atoms with van der Waals surface area (Å²) in [6, 6.07) is 14.5.